The van der Waals surface area contributed by atoms with E-state index in [0.29, 0.717) is 5.92 Å². The van der Waals surface area contributed by atoms with Gasteiger partial charge in [-0.2, -0.15) is 0 Å². The molecule has 2 amide bonds. The van der Waals surface area contributed by atoms with Gasteiger partial charge in [0.05, 0.1) is 5.41 Å². The molecule has 0 aromatic heterocycles. The van der Waals surface area contributed by atoms with E-state index in [0.717, 1.165) is 43.4 Å². The highest BCUT2D eigenvalue weighted by molar-refractivity contribution is 5.88. The zero-order valence-corrected chi connectivity index (χ0v) is 14.5. The molecule has 2 atom stereocenters. The molecule has 1 aromatic rings. The first-order valence-electron chi connectivity index (χ1n) is 9.78. The van der Waals surface area contributed by atoms with Crippen molar-refractivity contribution in [2.75, 3.05) is 0 Å². The second-order valence-electron chi connectivity index (χ2n) is 9.00. The van der Waals surface area contributed by atoms with Gasteiger partial charge in [0, 0.05) is 5.92 Å². The van der Waals surface area contributed by atoms with Gasteiger partial charge in [-0.25, -0.2) is 0 Å². The quantitative estimate of drug-likeness (QED) is 0.832. The molecule has 0 heterocycles. The number of rotatable bonds is 3. The number of carbonyl (C=O) groups is 2. The second-order valence-corrected chi connectivity index (χ2v) is 9.00. The molecule has 25 heavy (non-hydrogen) atoms. The third-order valence-corrected chi connectivity index (χ3v) is 7.17. The minimum absolute atomic E-state index is 0.000868. The smallest absolute Gasteiger partial charge is 0.244 e. The van der Waals surface area contributed by atoms with Crippen LogP contribution in [0.25, 0.3) is 0 Å². The maximum atomic E-state index is 12.9. The highest BCUT2D eigenvalue weighted by Gasteiger charge is 2.55. The minimum atomic E-state index is -0.204. The van der Waals surface area contributed by atoms with Crippen LogP contribution >= 0.6 is 0 Å². The SMILES string of the molecule is O=C(NNC(=O)C12CC3CC(CC(C3)C1)C2)[C@@H]1C[C@@H]1c1ccccc1. The van der Waals surface area contributed by atoms with Gasteiger partial charge in [0.2, 0.25) is 11.8 Å². The van der Waals surface area contributed by atoms with Crippen molar-refractivity contribution in [3.8, 4) is 0 Å². The van der Waals surface area contributed by atoms with Gasteiger partial charge in [-0.1, -0.05) is 30.3 Å². The van der Waals surface area contributed by atoms with Gasteiger partial charge in [-0.15, -0.1) is 0 Å². The van der Waals surface area contributed by atoms with Crippen molar-refractivity contribution in [2.45, 2.75) is 50.9 Å². The van der Waals surface area contributed by atoms with Crippen molar-refractivity contribution in [2.24, 2.45) is 29.1 Å². The van der Waals surface area contributed by atoms with Crippen LogP contribution in [0.1, 0.15) is 56.4 Å². The molecule has 5 fully saturated rings. The van der Waals surface area contributed by atoms with Crippen molar-refractivity contribution in [1.82, 2.24) is 10.9 Å². The molecule has 0 saturated heterocycles. The number of nitrogens with one attached hydrogen (secondary N) is 2. The Kier molecular flexibility index (Phi) is 3.44. The fourth-order valence-electron chi connectivity index (χ4n) is 6.29. The molecule has 0 spiro atoms. The Bertz CT molecular complexity index is 664. The van der Waals surface area contributed by atoms with Crippen molar-refractivity contribution < 1.29 is 9.59 Å². The van der Waals surface area contributed by atoms with E-state index in [1.807, 2.05) is 18.2 Å². The second kappa shape index (κ2) is 5.58. The number of hydrogen-bond acceptors (Lipinski definition) is 2. The van der Waals surface area contributed by atoms with Crippen LogP contribution in [0.4, 0.5) is 0 Å². The van der Waals surface area contributed by atoms with Gasteiger partial charge in [-0.05, 0) is 74.2 Å². The van der Waals surface area contributed by atoms with Crippen LogP contribution in [0.2, 0.25) is 0 Å². The van der Waals surface area contributed by atoms with Crippen LogP contribution in [0.5, 0.6) is 0 Å². The van der Waals surface area contributed by atoms with Gasteiger partial charge < -0.3 is 0 Å². The number of benzene rings is 1. The van der Waals surface area contributed by atoms with Crippen LogP contribution in [-0.2, 0) is 9.59 Å². The molecular formula is C21H26N2O2. The lowest BCUT2D eigenvalue weighted by molar-refractivity contribution is -0.149. The largest absolute Gasteiger partial charge is 0.273 e. The topological polar surface area (TPSA) is 58.2 Å². The van der Waals surface area contributed by atoms with E-state index >= 15 is 0 Å². The highest BCUT2D eigenvalue weighted by Crippen LogP contribution is 2.60. The average molecular weight is 338 g/mol. The summed E-state index contributed by atoms with van der Waals surface area (Å²) in [6, 6.07) is 10.2. The Balaban J connectivity index is 1.18. The molecule has 1 aromatic carbocycles. The summed E-state index contributed by atoms with van der Waals surface area (Å²) >= 11 is 0. The standard InChI is InChI=1S/C21H26N2O2/c24-19(18-9-17(18)16-4-2-1-3-5-16)22-23-20(25)21-10-13-6-14(11-21)8-15(7-13)12-21/h1-5,13-15,17-18H,6-12H2,(H,22,24)(H,23,25)/t13?,14?,15?,17-,18-,21?/m1/s1. The Hall–Kier alpha value is -1.84. The molecule has 5 aliphatic carbocycles. The molecule has 6 rings (SSSR count). The van der Waals surface area contributed by atoms with E-state index in [4.69, 9.17) is 0 Å². The van der Waals surface area contributed by atoms with E-state index in [1.54, 1.807) is 0 Å². The maximum Gasteiger partial charge on any atom is 0.244 e. The van der Waals surface area contributed by atoms with Crippen LogP contribution < -0.4 is 10.9 Å². The third-order valence-electron chi connectivity index (χ3n) is 7.17. The summed E-state index contributed by atoms with van der Waals surface area (Å²) < 4.78 is 0. The zero-order chi connectivity index (χ0) is 17.0. The molecule has 4 nitrogen and oxygen atoms in total. The van der Waals surface area contributed by atoms with Crippen molar-refractivity contribution >= 4 is 11.8 Å². The van der Waals surface area contributed by atoms with E-state index < -0.39 is 0 Å². The molecule has 4 heteroatoms. The summed E-state index contributed by atoms with van der Waals surface area (Å²) in [5, 5.41) is 0. The lowest BCUT2D eigenvalue weighted by atomic mass is 9.49. The minimum Gasteiger partial charge on any atom is -0.273 e. The predicted octanol–water partition coefficient (Wildman–Crippen LogP) is 3.15. The lowest BCUT2D eigenvalue weighted by Gasteiger charge is -2.55. The number of hydrazine groups is 1. The molecule has 0 radical (unpaired) electrons. The van der Waals surface area contributed by atoms with Crippen LogP contribution in [0.15, 0.2) is 30.3 Å². The van der Waals surface area contributed by atoms with Gasteiger partial charge in [0.1, 0.15) is 0 Å². The summed E-state index contributed by atoms with van der Waals surface area (Å²) in [5.74, 6) is 2.54. The Morgan fingerprint density at radius 1 is 0.840 bits per heavy atom. The first-order valence-corrected chi connectivity index (χ1v) is 9.78. The van der Waals surface area contributed by atoms with E-state index in [-0.39, 0.29) is 23.1 Å². The Labute approximate surface area is 148 Å². The van der Waals surface area contributed by atoms with Crippen molar-refractivity contribution in [1.29, 1.82) is 0 Å². The molecule has 2 N–H and O–H groups in total. The zero-order valence-electron chi connectivity index (χ0n) is 14.5. The van der Waals surface area contributed by atoms with Crippen LogP contribution in [0, 0.1) is 29.1 Å². The van der Waals surface area contributed by atoms with Gasteiger partial charge in [-0.3, -0.25) is 20.4 Å². The lowest BCUT2D eigenvalue weighted by Crippen LogP contribution is -2.56. The molecule has 5 saturated carbocycles. The third kappa shape index (κ3) is 2.66. The van der Waals surface area contributed by atoms with Crippen LogP contribution in [0.3, 0.4) is 0 Å². The maximum absolute atomic E-state index is 12.9. The molecule has 5 aliphatic rings. The fourth-order valence-corrected chi connectivity index (χ4v) is 6.29. The van der Waals surface area contributed by atoms with E-state index in [1.165, 1.54) is 24.8 Å². The van der Waals surface area contributed by atoms with Gasteiger partial charge in [0.25, 0.3) is 0 Å². The molecule has 0 unspecified atom stereocenters. The van der Waals surface area contributed by atoms with Crippen molar-refractivity contribution in [3.63, 3.8) is 0 Å². The number of hydrogen-bond donors (Lipinski definition) is 2. The number of amides is 2. The number of carbonyl (C=O) groups excluding carboxylic acids is 2. The monoisotopic (exact) mass is 338 g/mol. The molecule has 132 valence electrons. The summed E-state index contributed by atoms with van der Waals surface area (Å²) in [5.41, 5.74) is 6.54. The summed E-state index contributed by atoms with van der Waals surface area (Å²) in [6.07, 6.45) is 7.91. The van der Waals surface area contributed by atoms with Crippen molar-refractivity contribution in [3.05, 3.63) is 35.9 Å². The summed E-state index contributed by atoms with van der Waals surface area (Å²) in [7, 11) is 0. The van der Waals surface area contributed by atoms with E-state index in [2.05, 4.69) is 23.0 Å². The normalized spacial score (nSPS) is 40.6. The predicted molar refractivity (Wildman–Crippen MR) is 94.2 cm³/mol. The highest BCUT2D eigenvalue weighted by atomic mass is 16.2. The van der Waals surface area contributed by atoms with E-state index in [9.17, 15) is 9.59 Å². The first kappa shape index (κ1) is 15.4. The van der Waals surface area contributed by atoms with Crippen LogP contribution in [-0.4, -0.2) is 11.8 Å². The molecule has 0 aliphatic heterocycles. The molecular weight excluding hydrogens is 312 g/mol. The fraction of sp³-hybridized carbons (Fsp3) is 0.619. The summed E-state index contributed by atoms with van der Waals surface area (Å²) in [6.45, 7) is 0. The Morgan fingerprint density at radius 3 is 2.04 bits per heavy atom. The van der Waals surface area contributed by atoms with Gasteiger partial charge >= 0.3 is 0 Å². The average Bonchev–Trinajstić information content (AvgIpc) is 3.40. The Morgan fingerprint density at radius 2 is 1.44 bits per heavy atom. The first-order chi connectivity index (χ1) is 12.1. The molecule has 4 bridgehead atoms. The van der Waals surface area contributed by atoms with Gasteiger partial charge in [0.15, 0.2) is 0 Å². The summed E-state index contributed by atoms with van der Waals surface area (Å²) in [4.78, 5) is 25.3.